The van der Waals surface area contributed by atoms with Crippen LogP contribution in [0.4, 0.5) is 0 Å². The molecule has 2 aromatic heterocycles. The third-order valence-electron chi connectivity index (χ3n) is 2.72. The molecule has 0 aliphatic rings. The molecule has 0 saturated heterocycles. The number of nitrogens with zero attached hydrogens (tertiary/aromatic N) is 4. The third kappa shape index (κ3) is 4.35. The number of aryl methyl sites for hydroxylation is 2. The second-order valence-electron chi connectivity index (χ2n) is 4.35. The molecular formula is C12H15BrClN5O. The fourth-order valence-corrected chi connectivity index (χ4v) is 2.16. The normalized spacial score (nSPS) is 10.8. The summed E-state index contributed by atoms with van der Waals surface area (Å²) >= 11 is 9.14. The van der Waals surface area contributed by atoms with Gasteiger partial charge in [0, 0.05) is 31.9 Å². The lowest BCUT2D eigenvalue weighted by Crippen LogP contribution is -2.28. The number of nitrogens with one attached hydrogen (secondary N) is 1. The molecule has 0 aliphatic carbocycles. The molecular weight excluding hydrogens is 346 g/mol. The summed E-state index contributed by atoms with van der Waals surface area (Å²) in [6, 6.07) is 0. The highest BCUT2D eigenvalue weighted by Gasteiger charge is 2.05. The average Bonchev–Trinajstić information content (AvgIpc) is 2.94. The Hall–Kier alpha value is -1.34. The standard InChI is InChI=1S/C12H15BrClN5O/c1-9-11(13)8-19(17-9)4-2-12(20)15-3-5-18-7-10(14)6-16-18/h6-8H,2-5H2,1H3,(H,15,20). The minimum Gasteiger partial charge on any atom is -0.354 e. The van der Waals surface area contributed by atoms with Gasteiger partial charge in [-0.2, -0.15) is 10.2 Å². The molecule has 0 fully saturated rings. The number of amides is 1. The number of halogens is 2. The van der Waals surface area contributed by atoms with E-state index in [0.717, 1.165) is 10.2 Å². The number of carbonyl (C=O) groups is 1. The Labute approximate surface area is 130 Å². The highest BCUT2D eigenvalue weighted by Crippen LogP contribution is 2.13. The Bertz CT molecular complexity index is 575. The summed E-state index contributed by atoms with van der Waals surface area (Å²) in [5.74, 6) is -0.00692. The van der Waals surface area contributed by atoms with Crippen molar-refractivity contribution in [2.24, 2.45) is 0 Å². The first-order valence-corrected chi connectivity index (χ1v) is 7.36. The molecule has 8 heteroatoms. The van der Waals surface area contributed by atoms with Gasteiger partial charge in [-0.05, 0) is 22.9 Å². The first kappa shape index (κ1) is 15.1. The molecule has 6 nitrogen and oxygen atoms in total. The van der Waals surface area contributed by atoms with Gasteiger partial charge in [0.2, 0.25) is 5.91 Å². The average molecular weight is 361 g/mol. The van der Waals surface area contributed by atoms with Crippen molar-refractivity contribution >= 4 is 33.4 Å². The van der Waals surface area contributed by atoms with E-state index in [1.807, 2.05) is 13.1 Å². The second-order valence-corrected chi connectivity index (χ2v) is 5.64. The zero-order valence-corrected chi connectivity index (χ0v) is 13.4. The number of hydrogen-bond acceptors (Lipinski definition) is 3. The highest BCUT2D eigenvalue weighted by atomic mass is 79.9. The molecule has 0 spiro atoms. The molecule has 1 amide bonds. The van der Waals surface area contributed by atoms with Crippen LogP contribution in [0.25, 0.3) is 0 Å². The highest BCUT2D eigenvalue weighted by molar-refractivity contribution is 9.10. The SMILES string of the molecule is Cc1nn(CCC(=O)NCCn2cc(Cl)cn2)cc1Br. The van der Waals surface area contributed by atoms with Gasteiger partial charge in [-0.3, -0.25) is 14.2 Å². The van der Waals surface area contributed by atoms with Crippen LogP contribution in [0.1, 0.15) is 12.1 Å². The van der Waals surface area contributed by atoms with Gasteiger partial charge in [0.15, 0.2) is 0 Å². The second kappa shape index (κ2) is 6.90. The van der Waals surface area contributed by atoms with E-state index in [9.17, 15) is 4.79 Å². The van der Waals surface area contributed by atoms with Crippen molar-refractivity contribution in [3.05, 3.63) is 33.8 Å². The lowest BCUT2D eigenvalue weighted by molar-refractivity contribution is -0.121. The Morgan fingerprint density at radius 2 is 2.20 bits per heavy atom. The van der Waals surface area contributed by atoms with Crippen LogP contribution in [-0.4, -0.2) is 32.0 Å². The van der Waals surface area contributed by atoms with E-state index in [1.165, 1.54) is 0 Å². The fraction of sp³-hybridized carbons (Fsp3) is 0.417. The summed E-state index contributed by atoms with van der Waals surface area (Å²) in [7, 11) is 0. The van der Waals surface area contributed by atoms with E-state index < -0.39 is 0 Å². The largest absolute Gasteiger partial charge is 0.354 e. The van der Waals surface area contributed by atoms with E-state index in [2.05, 4.69) is 31.4 Å². The summed E-state index contributed by atoms with van der Waals surface area (Å²) in [5.41, 5.74) is 0.918. The minimum atomic E-state index is -0.00692. The van der Waals surface area contributed by atoms with Crippen LogP contribution in [0.2, 0.25) is 5.02 Å². The zero-order chi connectivity index (χ0) is 14.5. The van der Waals surface area contributed by atoms with Gasteiger partial charge in [0.25, 0.3) is 0 Å². The summed E-state index contributed by atoms with van der Waals surface area (Å²) in [4.78, 5) is 11.7. The van der Waals surface area contributed by atoms with Gasteiger partial charge in [-0.25, -0.2) is 0 Å². The van der Waals surface area contributed by atoms with E-state index >= 15 is 0 Å². The van der Waals surface area contributed by atoms with Crippen LogP contribution in [0, 0.1) is 6.92 Å². The van der Waals surface area contributed by atoms with Gasteiger partial charge < -0.3 is 5.32 Å². The number of rotatable bonds is 6. The first-order valence-electron chi connectivity index (χ1n) is 6.19. The number of hydrogen-bond donors (Lipinski definition) is 1. The van der Waals surface area contributed by atoms with Crippen molar-refractivity contribution in [2.45, 2.75) is 26.4 Å². The monoisotopic (exact) mass is 359 g/mol. The van der Waals surface area contributed by atoms with Crippen LogP contribution in [0.15, 0.2) is 23.1 Å². The van der Waals surface area contributed by atoms with Crippen LogP contribution in [0.3, 0.4) is 0 Å². The van der Waals surface area contributed by atoms with Crippen molar-refractivity contribution < 1.29 is 4.79 Å². The predicted molar refractivity (Wildman–Crippen MR) is 79.5 cm³/mol. The van der Waals surface area contributed by atoms with Crippen molar-refractivity contribution in [1.29, 1.82) is 0 Å². The zero-order valence-electron chi connectivity index (χ0n) is 11.0. The van der Waals surface area contributed by atoms with Gasteiger partial charge in [-0.1, -0.05) is 11.6 Å². The van der Waals surface area contributed by atoms with E-state index in [1.54, 1.807) is 21.8 Å². The van der Waals surface area contributed by atoms with Crippen molar-refractivity contribution in [2.75, 3.05) is 6.54 Å². The molecule has 2 aromatic rings. The van der Waals surface area contributed by atoms with Gasteiger partial charge >= 0.3 is 0 Å². The third-order valence-corrected chi connectivity index (χ3v) is 3.69. The lowest BCUT2D eigenvalue weighted by Gasteiger charge is -2.05. The van der Waals surface area contributed by atoms with Gasteiger partial charge in [-0.15, -0.1) is 0 Å². The molecule has 2 rings (SSSR count). The van der Waals surface area contributed by atoms with Gasteiger partial charge in [0.05, 0.1) is 27.9 Å². The summed E-state index contributed by atoms with van der Waals surface area (Å²) < 4.78 is 4.40. The molecule has 0 aromatic carbocycles. The maximum atomic E-state index is 11.7. The minimum absolute atomic E-state index is 0.00692. The molecule has 0 atom stereocenters. The molecule has 108 valence electrons. The Morgan fingerprint density at radius 1 is 1.40 bits per heavy atom. The quantitative estimate of drug-likeness (QED) is 0.857. The molecule has 0 aliphatic heterocycles. The maximum absolute atomic E-state index is 11.7. The van der Waals surface area contributed by atoms with Crippen LogP contribution in [0.5, 0.6) is 0 Å². The molecule has 0 saturated carbocycles. The summed E-state index contributed by atoms with van der Waals surface area (Å²) in [6.45, 7) is 3.60. The fourth-order valence-electron chi connectivity index (χ4n) is 1.68. The van der Waals surface area contributed by atoms with Crippen molar-refractivity contribution in [3.8, 4) is 0 Å². The lowest BCUT2D eigenvalue weighted by atomic mass is 10.4. The van der Waals surface area contributed by atoms with Crippen LogP contribution in [-0.2, 0) is 17.9 Å². The van der Waals surface area contributed by atoms with E-state index in [0.29, 0.717) is 31.1 Å². The maximum Gasteiger partial charge on any atom is 0.221 e. The summed E-state index contributed by atoms with van der Waals surface area (Å²) in [5, 5.41) is 11.7. The summed E-state index contributed by atoms with van der Waals surface area (Å²) in [6.07, 6.45) is 5.56. The first-order chi connectivity index (χ1) is 9.54. The smallest absolute Gasteiger partial charge is 0.221 e. The van der Waals surface area contributed by atoms with Gasteiger partial charge in [0.1, 0.15) is 0 Å². The molecule has 0 radical (unpaired) electrons. The van der Waals surface area contributed by atoms with E-state index in [-0.39, 0.29) is 5.91 Å². The molecule has 0 unspecified atom stereocenters. The Balaban J connectivity index is 1.68. The Kier molecular flexibility index (Phi) is 5.19. The molecule has 20 heavy (non-hydrogen) atoms. The van der Waals surface area contributed by atoms with Crippen LogP contribution < -0.4 is 5.32 Å². The van der Waals surface area contributed by atoms with Crippen LogP contribution >= 0.6 is 27.5 Å². The Morgan fingerprint density at radius 3 is 2.80 bits per heavy atom. The number of aromatic nitrogens is 4. The predicted octanol–water partition coefficient (Wildman–Crippen LogP) is 2.01. The van der Waals surface area contributed by atoms with Crippen molar-refractivity contribution in [3.63, 3.8) is 0 Å². The topological polar surface area (TPSA) is 64.7 Å². The molecule has 0 bridgehead atoms. The van der Waals surface area contributed by atoms with Crippen molar-refractivity contribution in [1.82, 2.24) is 24.9 Å². The van der Waals surface area contributed by atoms with E-state index in [4.69, 9.17) is 11.6 Å². The molecule has 1 N–H and O–H groups in total. The molecule has 2 heterocycles. The number of carbonyl (C=O) groups excluding carboxylic acids is 1.